The second kappa shape index (κ2) is 19.9. The number of benzene rings is 2. The Morgan fingerprint density at radius 1 is 0.846 bits per heavy atom. The molecule has 0 saturated heterocycles. The summed E-state index contributed by atoms with van der Waals surface area (Å²) in [7, 11) is 1.56. The van der Waals surface area contributed by atoms with E-state index in [-0.39, 0.29) is 18.4 Å². The molecule has 0 aliphatic heterocycles. The average Bonchev–Trinajstić information content (AvgIpc) is 2.94. The van der Waals surface area contributed by atoms with Gasteiger partial charge < -0.3 is 14.8 Å². The lowest BCUT2D eigenvalue weighted by Crippen LogP contribution is -2.34. The number of hydrogen-bond acceptors (Lipinski definition) is 5. The zero-order valence-electron chi connectivity index (χ0n) is 23.5. The number of nitrogens with one attached hydrogen (secondary N) is 2. The number of carbonyl (C=O) groups is 2. The monoisotopic (exact) mass is 557 g/mol. The predicted molar refractivity (Wildman–Crippen MR) is 159 cm³/mol. The summed E-state index contributed by atoms with van der Waals surface area (Å²) in [4.78, 5) is 24.0. The quantitative estimate of drug-likeness (QED) is 0.102. The third-order valence-electron chi connectivity index (χ3n) is 6.35. The van der Waals surface area contributed by atoms with Crippen molar-refractivity contribution in [3.8, 4) is 11.5 Å². The highest BCUT2D eigenvalue weighted by molar-refractivity contribution is 6.30. The molecule has 0 spiro atoms. The smallest absolute Gasteiger partial charge is 0.259 e. The summed E-state index contributed by atoms with van der Waals surface area (Å²) >= 11 is 5.92. The summed E-state index contributed by atoms with van der Waals surface area (Å²) < 4.78 is 11.3. The van der Waals surface area contributed by atoms with Gasteiger partial charge in [-0.1, -0.05) is 94.9 Å². The van der Waals surface area contributed by atoms with Crippen LogP contribution >= 0.6 is 11.6 Å². The van der Waals surface area contributed by atoms with Crippen molar-refractivity contribution in [3.63, 3.8) is 0 Å². The van der Waals surface area contributed by atoms with E-state index in [1.165, 1.54) is 57.6 Å². The summed E-state index contributed by atoms with van der Waals surface area (Å²) in [5.74, 6) is 0.653. The minimum atomic E-state index is -0.381. The van der Waals surface area contributed by atoms with Gasteiger partial charge in [0.1, 0.15) is 6.61 Å². The standard InChI is InChI=1S/C31H44ClN3O4/c1-3-4-5-6-7-8-9-10-11-12-13-14-30(36)33-23-31(37)35-34-22-26-17-20-28(29(21-26)38-2)39-24-25-15-18-27(32)19-16-25/h15-22H,3-14,23-24H2,1-2H3,(H,33,36)(H,35,37). The molecule has 2 N–H and O–H groups in total. The molecule has 0 bridgehead atoms. The fourth-order valence-electron chi connectivity index (χ4n) is 4.06. The number of hydrogen-bond donors (Lipinski definition) is 2. The van der Waals surface area contributed by atoms with Crippen molar-refractivity contribution in [1.82, 2.24) is 10.7 Å². The molecule has 0 aliphatic rings. The highest BCUT2D eigenvalue weighted by atomic mass is 35.5. The van der Waals surface area contributed by atoms with Crippen LogP contribution in [0.4, 0.5) is 0 Å². The molecule has 39 heavy (non-hydrogen) atoms. The Morgan fingerprint density at radius 3 is 2.13 bits per heavy atom. The number of ether oxygens (including phenoxy) is 2. The molecule has 2 amide bonds. The van der Waals surface area contributed by atoms with Gasteiger partial charge in [0.25, 0.3) is 5.91 Å². The molecule has 214 valence electrons. The van der Waals surface area contributed by atoms with Gasteiger partial charge in [-0.3, -0.25) is 9.59 Å². The van der Waals surface area contributed by atoms with Crippen LogP contribution in [0.1, 0.15) is 95.1 Å². The number of halogens is 1. The Balaban J connectivity index is 1.58. The van der Waals surface area contributed by atoms with Crippen molar-refractivity contribution < 1.29 is 19.1 Å². The third-order valence-corrected chi connectivity index (χ3v) is 6.60. The van der Waals surface area contributed by atoms with Crippen LogP contribution in [-0.4, -0.2) is 31.7 Å². The molecule has 0 heterocycles. The van der Waals surface area contributed by atoms with Gasteiger partial charge in [0.2, 0.25) is 5.91 Å². The van der Waals surface area contributed by atoms with Crippen LogP contribution in [0.5, 0.6) is 11.5 Å². The molecule has 8 heteroatoms. The minimum Gasteiger partial charge on any atom is -0.493 e. The molecule has 7 nitrogen and oxygen atoms in total. The van der Waals surface area contributed by atoms with Crippen LogP contribution in [0.2, 0.25) is 5.02 Å². The maximum Gasteiger partial charge on any atom is 0.259 e. The van der Waals surface area contributed by atoms with Gasteiger partial charge in [-0.25, -0.2) is 5.43 Å². The van der Waals surface area contributed by atoms with E-state index in [1.54, 1.807) is 19.2 Å². The van der Waals surface area contributed by atoms with E-state index in [4.69, 9.17) is 21.1 Å². The van der Waals surface area contributed by atoms with Crippen molar-refractivity contribution >= 4 is 29.6 Å². The molecule has 0 aliphatic carbocycles. The molecule has 2 aromatic carbocycles. The Morgan fingerprint density at radius 2 is 1.49 bits per heavy atom. The largest absolute Gasteiger partial charge is 0.493 e. The minimum absolute atomic E-state index is 0.102. The van der Waals surface area contributed by atoms with Gasteiger partial charge in [0.05, 0.1) is 19.9 Å². The lowest BCUT2D eigenvalue weighted by Gasteiger charge is -2.11. The molecule has 2 aromatic rings. The second-order valence-corrected chi connectivity index (χ2v) is 10.1. The third kappa shape index (κ3) is 14.6. The van der Waals surface area contributed by atoms with Gasteiger partial charge >= 0.3 is 0 Å². The number of hydrazone groups is 1. The average molecular weight is 558 g/mol. The second-order valence-electron chi connectivity index (χ2n) is 9.68. The van der Waals surface area contributed by atoms with Crippen LogP contribution in [0.15, 0.2) is 47.6 Å². The number of amides is 2. The maximum absolute atomic E-state index is 12.0. The highest BCUT2D eigenvalue weighted by Crippen LogP contribution is 2.28. The molecular weight excluding hydrogens is 514 g/mol. The first kappa shape index (κ1) is 32.2. The first-order chi connectivity index (χ1) is 19.0. The summed E-state index contributed by atoms with van der Waals surface area (Å²) in [6.45, 7) is 2.52. The topological polar surface area (TPSA) is 89.0 Å². The zero-order chi connectivity index (χ0) is 28.1. The molecule has 0 atom stereocenters. The summed E-state index contributed by atoms with van der Waals surface area (Å²) in [6, 6.07) is 12.8. The van der Waals surface area contributed by atoms with Crippen LogP contribution in [-0.2, 0) is 16.2 Å². The Bertz CT molecular complexity index is 1010. The molecule has 2 rings (SSSR count). The Kier molecular flexibility index (Phi) is 16.4. The molecule has 0 saturated carbocycles. The number of nitrogens with zero attached hydrogens (tertiary/aromatic N) is 1. The normalized spacial score (nSPS) is 10.9. The molecule has 0 radical (unpaired) electrons. The van der Waals surface area contributed by atoms with E-state index in [9.17, 15) is 9.59 Å². The van der Waals surface area contributed by atoms with Crippen molar-refractivity contribution in [2.24, 2.45) is 5.10 Å². The van der Waals surface area contributed by atoms with Crippen LogP contribution in [0.25, 0.3) is 0 Å². The highest BCUT2D eigenvalue weighted by Gasteiger charge is 2.07. The molecular formula is C31H44ClN3O4. The van der Waals surface area contributed by atoms with E-state index in [2.05, 4.69) is 22.8 Å². The molecule has 0 fully saturated rings. The number of unbranched alkanes of at least 4 members (excludes halogenated alkanes) is 10. The van der Waals surface area contributed by atoms with E-state index in [0.717, 1.165) is 30.4 Å². The predicted octanol–water partition coefficient (Wildman–Crippen LogP) is 7.20. The van der Waals surface area contributed by atoms with Gasteiger partial charge in [-0.05, 0) is 47.9 Å². The van der Waals surface area contributed by atoms with Crippen molar-refractivity contribution in [1.29, 1.82) is 0 Å². The van der Waals surface area contributed by atoms with E-state index < -0.39 is 0 Å². The van der Waals surface area contributed by atoms with Crippen LogP contribution in [0.3, 0.4) is 0 Å². The van der Waals surface area contributed by atoms with Crippen molar-refractivity contribution in [2.45, 2.75) is 90.6 Å². The molecule has 0 aromatic heterocycles. The Labute approximate surface area is 238 Å². The summed E-state index contributed by atoms with van der Waals surface area (Å²) in [5.41, 5.74) is 4.15. The maximum atomic E-state index is 12.0. The van der Waals surface area contributed by atoms with Gasteiger partial charge in [0.15, 0.2) is 11.5 Å². The molecule has 0 unspecified atom stereocenters. The first-order valence-electron chi connectivity index (χ1n) is 14.2. The number of carbonyl (C=O) groups excluding carboxylic acids is 2. The SMILES string of the molecule is CCCCCCCCCCCCCC(=O)NCC(=O)NN=Cc1ccc(OCc2ccc(Cl)cc2)c(OC)c1. The fraction of sp³-hybridized carbons (Fsp3) is 0.516. The summed E-state index contributed by atoms with van der Waals surface area (Å²) in [6.07, 6.45) is 15.6. The van der Waals surface area contributed by atoms with Crippen molar-refractivity contribution in [3.05, 3.63) is 58.6 Å². The van der Waals surface area contributed by atoms with Gasteiger partial charge in [-0.15, -0.1) is 0 Å². The van der Waals surface area contributed by atoms with E-state index >= 15 is 0 Å². The summed E-state index contributed by atoms with van der Waals surface area (Å²) in [5, 5.41) is 7.30. The van der Waals surface area contributed by atoms with Gasteiger partial charge in [0, 0.05) is 11.4 Å². The van der Waals surface area contributed by atoms with E-state index in [1.807, 2.05) is 30.3 Å². The number of rotatable bonds is 20. The van der Waals surface area contributed by atoms with Crippen molar-refractivity contribution in [2.75, 3.05) is 13.7 Å². The van der Waals surface area contributed by atoms with E-state index in [0.29, 0.717) is 29.5 Å². The van der Waals surface area contributed by atoms with Gasteiger partial charge in [-0.2, -0.15) is 5.10 Å². The van der Waals surface area contributed by atoms with Crippen LogP contribution < -0.4 is 20.2 Å². The number of methoxy groups -OCH3 is 1. The Hall–Kier alpha value is -3.06. The lowest BCUT2D eigenvalue weighted by atomic mass is 10.1. The first-order valence-corrected chi connectivity index (χ1v) is 14.5. The lowest BCUT2D eigenvalue weighted by molar-refractivity contribution is -0.126. The zero-order valence-corrected chi connectivity index (χ0v) is 24.2. The van der Waals surface area contributed by atoms with Crippen LogP contribution in [0, 0.1) is 0 Å². The fourth-order valence-corrected chi connectivity index (χ4v) is 4.19.